The van der Waals surface area contributed by atoms with Crippen LogP contribution in [-0.2, 0) is 21.7 Å². The Morgan fingerprint density at radius 3 is 2.39 bits per heavy atom. The summed E-state index contributed by atoms with van der Waals surface area (Å²) in [6.07, 6.45) is -0.476. The number of hydrogen-bond donors (Lipinski definition) is 2. The lowest BCUT2D eigenvalue weighted by Gasteiger charge is -2.22. The van der Waals surface area contributed by atoms with Crippen LogP contribution < -0.4 is 14.8 Å². The minimum Gasteiger partial charge on any atom is -0.493 e. The lowest BCUT2D eigenvalue weighted by Crippen LogP contribution is -2.24. The summed E-state index contributed by atoms with van der Waals surface area (Å²) in [6, 6.07) is 11.2. The molecule has 0 saturated carbocycles. The molecular weight excluding hydrogens is 438 g/mol. The predicted octanol–water partition coefficient (Wildman–Crippen LogP) is 6.01. The van der Waals surface area contributed by atoms with E-state index < -0.39 is 6.23 Å². The third kappa shape index (κ3) is 8.82. The first-order chi connectivity index (χ1) is 15.5. The molecule has 0 saturated heterocycles. The standard InChI is InChI=1S/C26H37NO5S/c1-8-31-24(28)14-18-9-11-22(30-7)23(13-18)32-21-12-10-20(27-25(29)17(2)3)15-19(21)16-33-26(4,5)6/h9-13,15,17,25,27,29H,8,14,16H2,1-7H3. The summed E-state index contributed by atoms with van der Waals surface area (Å²) in [6.45, 7) is 12.6. The first kappa shape index (κ1) is 26.9. The Hall–Kier alpha value is -2.38. The van der Waals surface area contributed by atoms with Crippen molar-refractivity contribution in [3.05, 3.63) is 47.5 Å². The van der Waals surface area contributed by atoms with Gasteiger partial charge in [-0.05, 0) is 48.7 Å². The second-order valence-electron chi connectivity index (χ2n) is 9.13. The number of carbonyl (C=O) groups excluding carboxylic acids is 1. The van der Waals surface area contributed by atoms with Gasteiger partial charge in [-0.25, -0.2) is 0 Å². The number of rotatable bonds is 11. The maximum absolute atomic E-state index is 11.9. The van der Waals surface area contributed by atoms with Crippen molar-refractivity contribution in [2.75, 3.05) is 19.0 Å². The van der Waals surface area contributed by atoms with Crippen molar-refractivity contribution in [1.82, 2.24) is 0 Å². The summed E-state index contributed by atoms with van der Waals surface area (Å²) >= 11 is 1.81. The monoisotopic (exact) mass is 475 g/mol. The number of anilines is 1. The van der Waals surface area contributed by atoms with Crippen molar-refractivity contribution in [1.29, 1.82) is 0 Å². The summed E-state index contributed by atoms with van der Waals surface area (Å²) in [5.41, 5.74) is 2.61. The second-order valence-corrected chi connectivity index (χ2v) is 10.9. The smallest absolute Gasteiger partial charge is 0.310 e. The molecule has 0 aliphatic rings. The molecule has 0 radical (unpaired) electrons. The van der Waals surface area contributed by atoms with Gasteiger partial charge in [0.25, 0.3) is 0 Å². The van der Waals surface area contributed by atoms with Crippen molar-refractivity contribution in [3.63, 3.8) is 0 Å². The number of methoxy groups -OCH3 is 1. The summed E-state index contributed by atoms with van der Waals surface area (Å²) in [7, 11) is 1.59. The zero-order valence-corrected chi connectivity index (χ0v) is 21.5. The van der Waals surface area contributed by atoms with Crippen molar-refractivity contribution in [2.45, 2.75) is 64.7 Å². The average Bonchev–Trinajstić information content (AvgIpc) is 2.73. The van der Waals surface area contributed by atoms with E-state index in [9.17, 15) is 9.90 Å². The van der Waals surface area contributed by atoms with Crippen LogP contribution in [0.4, 0.5) is 5.69 Å². The minimum absolute atomic E-state index is 0.0788. The van der Waals surface area contributed by atoms with Gasteiger partial charge in [0.05, 0.1) is 20.1 Å². The molecule has 33 heavy (non-hydrogen) atoms. The molecular formula is C26H37NO5S. The molecule has 6 nitrogen and oxygen atoms in total. The fraction of sp³-hybridized carbons (Fsp3) is 0.500. The highest BCUT2D eigenvalue weighted by molar-refractivity contribution is 7.99. The van der Waals surface area contributed by atoms with Crippen molar-refractivity contribution < 1.29 is 24.1 Å². The van der Waals surface area contributed by atoms with Crippen molar-refractivity contribution in [2.24, 2.45) is 5.92 Å². The number of thioether (sulfide) groups is 1. The van der Waals surface area contributed by atoms with Gasteiger partial charge >= 0.3 is 5.97 Å². The Labute approximate surface area is 202 Å². The van der Waals surface area contributed by atoms with Crippen LogP contribution in [0.1, 0.15) is 52.7 Å². The average molecular weight is 476 g/mol. The van der Waals surface area contributed by atoms with Gasteiger partial charge in [-0.3, -0.25) is 4.79 Å². The van der Waals surface area contributed by atoms with Crippen LogP contribution in [0.25, 0.3) is 0 Å². The van der Waals surface area contributed by atoms with Gasteiger partial charge < -0.3 is 24.6 Å². The Balaban J connectivity index is 2.36. The normalized spacial score (nSPS) is 12.4. The Morgan fingerprint density at radius 1 is 1.09 bits per heavy atom. The molecule has 0 aliphatic carbocycles. The first-order valence-electron chi connectivity index (χ1n) is 11.2. The second kappa shape index (κ2) is 12.2. The maximum Gasteiger partial charge on any atom is 0.310 e. The molecule has 1 atom stereocenters. The van der Waals surface area contributed by atoms with Crippen molar-refractivity contribution >= 4 is 23.4 Å². The van der Waals surface area contributed by atoms with Crippen LogP contribution in [0.5, 0.6) is 17.2 Å². The van der Waals surface area contributed by atoms with E-state index in [0.717, 1.165) is 22.6 Å². The number of esters is 1. The summed E-state index contributed by atoms with van der Waals surface area (Å²) in [4.78, 5) is 11.9. The summed E-state index contributed by atoms with van der Waals surface area (Å²) < 4.78 is 16.9. The van der Waals surface area contributed by atoms with E-state index in [1.54, 1.807) is 20.1 Å². The molecule has 2 N–H and O–H groups in total. The van der Waals surface area contributed by atoms with E-state index in [-0.39, 0.29) is 23.1 Å². The number of carbonyl (C=O) groups is 1. The summed E-state index contributed by atoms with van der Waals surface area (Å²) in [5, 5.41) is 13.4. The number of nitrogens with one attached hydrogen (secondary N) is 1. The third-order valence-corrected chi connectivity index (χ3v) is 6.09. The molecule has 0 amide bonds. The van der Waals surface area contributed by atoms with E-state index in [2.05, 4.69) is 26.1 Å². The van der Waals surface area contributed by atoms with E-state index in [0.29, 0.717) is 23.9 Å². The van der Waals surface area contributed by atoms with Gasteiger partial charge in [-0.1, -0.05) is 40.7 Å². The zero-order chi connectivity index (χ0) is 24.6. The number of ether oxygens (including phenoxy) is 3. The molecule has 1 unspecified atom stereocenters. The van der Waals surface area contributed by atoms with E-state index >= 15 is 0 Å². The minimum atomic E-state index is -0.639. The molecule has 0 fully saturated rings. The SMILES string of the molecule is CCOC(=O)Cc1ccc(OC)c(Oc2ccc(NC(O)C(C)C)cc2CSC(C)(C)C)c1. The largest absolute Gasteiger partial charge is 0.493 e. The van der Waals surface area contributed by atoms with Crippen molar-refractivity contribution in [3.8, 4) is 17.2 Å². The van der Waals surface area contributed by atoms with Gasteiger partial charge in [0.2, 0.25) is 0 Å². The van der Waals surface area contributed by atoms with Crippen LogP contribution in [0.2, 0.25) is 0 Å². The van der Waals surface area contributed by atoms with Gasteiger partial charge in [-0.2, -0.15) is 11.8 Å². The number of aliphatic hydroxyl groups is 1. The third-order valence-electron chi connectivity index (χ3n) is 4.77. The van der Waals surface area contributed by atoms with E-state index in [1.807, 2.05) is 55.9 Å². The number of aliphatic hydroxyl groups excluding tert-OH is 1. The predicted molar refractivity (Wildman–Crippen MR) is 135 cm³/mol. The van der Waals surface area contributed by atoms with E-state index in [1.165, 1.54) is 0 Å². The molecule has 0 aliphatic heterocycles. The lowest BCUT2D eigenvalue weighted by molar-refractivity contribution is -0.142. The maximum atomic E-state index is 11.9. The molecule has 2 rings (SSSR count). The molecule has 0 heterocycles. The summed E-state index contributed by atoms with van der Waals surface area (Å²) in [5.74, 6) is 2.34. The van der Waals surface area contributed by atoms with Gasteiger partial charge in [0.1, 0.15) is 12.0 Å². The molecule has 0 bridgehead atoms. The Morgan fingerprint density at radius 2 is 1.79 bits per heavy atom. The van der Waals surface area contributed by atoms with Gasteiger partial charge in [0, 0.05) is 21.8 Å². The molecule has 2 aromatic carbocycles. The number of benzene rings is 2. The topological polar surface area (TPSA) is 77.0 Å². The lowest BCUT2D eigenvalue weighted by atomic mass is 10.1. The van der Waals surface area contributed by atoms with Crippen LogP contribution in [0.15, 0.2) is 36.4 Å². The van der Waals surface area contributed by atoms with Crippen LogP contribution in [0, 0.1) is 5.92 Å². The first-order valence-corrected chi connectivity index (χ1v) is 12.2. The fourth-order valence-corrected chi connectivity index (χ4v) is 3.74. The molecule has 182 valence electrons. The van der Waals surface area contributed by atoms with Gasteiger partial charge in [-0.15, -0.1) is 0 Å². The highest BCUT2D eigenvalue weighted by Crippen LogP contribution is 2.38. The number of hydrogen-bond acceptors (Lipinski definition) is 7. The van der Waals surface area contributed by atoms with Gasteiger partial charge in [0.15, 0.2) is 11.5 Å². The highest BCUT2D eigenvalue weighted by atomic mass is 32.2. The molecule has 2 aromatic rings. The van der Waals surface area contributed by atoms with Crippen LogP contribution >= 0.6 is 11.8 Å². The molecule has 0 aromatic heterocycles. The van der Waals surface area contributed by atoms with E-state index in [4.69, 9.17) is 14.2 Å². The zero-order valence-electron chi connectivity index (χ0n) is 20.7. The fourth-order valence-electron chi connectivity index (χ4n) is 2.92. The Kier molecular flexibility index (Phi) is 9.92. The molecule has 7 heteroatoms. The highest BCUT2D eigenvalue weighted by Gasteiger charge is 2.17. The quantitative estimate of drug-likeness (QED) is 0.304. The van der Waals surface area contributed by atoms with Crippen LogP contribution in [0.3, 0.4) is 0 Å². The molecule has 0 spiro atoms. The Bertz CT molecular complexity index is 923. The van der Waals surface area contributed by atoms with Crippen LogP contribution in [-0.4, -0.2) is 35.8 Å².